The summed E-state index contributed by atoms with van der Waals surface area (Å²) in [7, 11) is -2.42. The summed E-state index contributed by atoms with van der Waals surface area (Å²) in [6.45, 7) is 1.35. The third-order valence-corrected chi connectivity index (χ3v) is 5.56. The molecule has 10 heteroatoms. The van der Waals surface area contributed by atoms with E-state index in [4.69, 9.17) is 33.1 Å². The lowest BCUT2D eigenvalue weighted by Gasteiger charge is -2.18. The number of amides is 1. The third kappa shape index (κ3) is 5.68. The number of sulfonamides is 1. The number of hydrogen-bond donors (Lipinski definition) is 1. The molecule has 0 fully saturated rings. The molecule has 0 aliphatic heterocycles. The molecule has 0 bridgehead atoms. The van der Waals surface area contributed by atoms with Crippen molar-refractivity contribution >= 4 is 45.1 Å². The van der Waals surface area contributed by atoms with E-state index in [2.05, 4.69) is 0 Å². The van der Waals surface area contributed by atoms with Gasteiger partial charge >= 0.3 is 5.97 Å². The molecule has 2 N–H and O–H groups in total. The minimum absolute atomic E-state index is 0.0199. The van der Waals surface area contributed by atoms with E-state index in [-0.39, 0.29) is 17.0 Å². The quantitative estimate of drug-likeness (QED) is 0.689. The maximum Gasteiger partial charge on any atom is 0.338 e. The molecule has 0 radical (unpaired) electrons. The first-order chi connectivity index (χ1) is 13.0. The summed E-state index contributed by atoms with van der Waals surface area (Å²) >= 11 is 11.8. The molecule has 150 valence electrons. The lowest BCUT2D eigenvalue weighted by atomic mass is 10.1. The highest BCUT2D eigenvalue weighted by atomic mass is 35.5. The van der Waals surface area contributed by atoms with Crippen LogP contribution in [0.2, 0.25) is 10.0 Å². The molecule has 2 aromatic rings. The van der Waals surface area contributed by atoms with Crippen molar-refractivity contribution in [1.82, 2.24) is 4.90 Å². The van der Waals surface area contributed by atoms with Crippen LogP contribution in [0.25, 0.3) is 0 Å². The van der Waals surface area contributed by atoms with Crippen molar-refractivity contribution in [2.45, 2.75) is 18.4 Å². The summed E-state index contributed by atoms with van der Waals surface area (Å²) in [4.78, 5) is 25.6. The van der Waals surface area contributed by atoms with Crippen LogP contribution in [0, 0.1) is 6.92 Å². The summed E-state index contributed by atoms with van der Waals surface area (Å²) < 4.78 is 27.9. The van der Waals surface area contributed by atoms with Crippen molar-refractivity contribution in [3.63, 3.8) is 0 Å². The van der Waals surface area contributed by atoms with Gasteiger partial charge in [-0.05, 0) is 42.3 Å². The first-order valence-corrected chi connectivity index (χ1v) is 10.3. The van der Waals surface area contributed by atoms with Gasteiger partial charge in [0, 0.05) is 13.6 Å². The number of carbonyl (C=O) groups excluding carboxylic acids is 2. The van der Waals surface area contributed by atoms with E-state index in [0.717, 1.165) is 11.6 Å². The highest BCUT2D eigenvalue weighted by Crippen LogP contribution is 2.23. The molecule has 0 saturated carbocycles. The SMILES string of the molecule is Cc1ccc(S(N)(=O)=O)cc1C(=O)OCC(=O)N(C)Cc1ccc(Cl)c(Cl)c1. The van der Waals surface area contributed by atoms with E-state index in [1.807, 2.05) is 0 Å². The Morgan fingerprint density at radius 3 is 2.39 bits per heavy atom. The molecule has 2 aromatic carbocycles. The van der Waals surface area contributed by atoms with Crippen molar-refractivity contribution in [2.24, 2.45) is 5.14 Å². The first-order valence-electron chi connectivity index (χ1n) is 7.97. The maximum atomic E-state index is 12.3. The molecule has 0 aromatic heterocycles. The summed E-state index contributed by atoms with van der Waals surface area (Å²) in [5.74, 6) is -1.26. The van der Waals surface area contributed by atoms with E-state index in [1.54, 1.807) is 32.2 Å². The number of primary sulfonamides is 1. The summed E-state index contributed by atoms with van der Waals surface area (Å²) in [5.41, 5.74) is 1.27. The fraction of sp³-hybridized carbons (Fsp3) is 0.222. The lowest BCUT2D eigenvalue weighted by molar-refractivity contribution is -0.133. The van der Waals surface area contributed by atoms with Gasteiger partial charge in [-0.3, -0.25) is 4.79 Å². The largest absolute Gasteiger partial charge is 0.452 e. The smallest absolute Gasteiger partial charge is 0.338 e. The van der Waals surface area contributed by atoms with E-state index < -0.39 is 28.5 Å². The molecule has 0 aliphatic carbocycles. The van der Waals surface area contributed by atoms with Crippen molar-refractivity contribution < 1.29 is 22.7 Å². The number of rotatable bonds is 6. The number of ether oxygens (including phenoxy) is 1. The summed E-state index contributed by atoms with van der Waals surface area (Å²) in [5, 5.41) is 5.85. The number of likely N-dealkylation sites (N-methyl/N-ethyl adjacent to an activating group) is 1. The fourth-order valence-electron chi connectivity index (χ4n) is 2.31. The second-order valence-electron chi connectivity index (χ2n) is 6.10. The molecule has 0 saturated heterocycles. The Balaban J connectivity index is 2.02. The van der Waals surface area contributed by atoms with Crippen LogP contribution >= 0.6 is 23.2 Å². The topological polar surface area (TPSA) is 107 Å². The van der Waals surface area contributed by atoms with Crippen molar-refractivity contribution in [2.75, 3.05) is 13.7 Å². The zero-order valence-electron chi connectivity index (χ0n) is 15.1. The number of esters is 1. The molecule has 0 atom stereocenters. The third-order valence-electron chi connectivity index (χ3n) is 3.91. The van der Waals surface area contributed by atoms with Crippen LogP contribution < -0.4 is 5.14 Å². The van der Waals surface area contributed by atoms with Crippen LogP contribution in [0.15, 0.2) is 41.3 Å². The number of hydrogen-bond acceptors (Lipinski definition) is 5. The summed E-state index contributed by atoms with van der Waals surface area (Å²) in [6, 6.07) is 8.84. The molecule has 7 nitrogen and oxygen atoms in total. The molecule has 0 spiro atoms. The van der Waals surface area contributed by atoms with Crippen LogP contribution in [0.1, 0.15) is 21.5 Å². The van der Waals surface area contributed by atoms with Crippen LogP contribution in [-0.2, 0) is 26.1 Å². The van der Waals surface area contributed by atoms with Gasteiger partial charge in [0.1, 0.15) is 0 Å². The van der Waals surface area contributed by atoms with Gasteiger partial charge in [-0.2, -0.15) is 0 Å². The number of carbonyl (C=O) groups is 2. The predicted molar refractivity (Wildman–Crippen MR) is 106 cm³/mol. The molecular formula is C18H18Cl2N2O5S. The number of nitrogens with zero attached hydrogens (tertiary/aromatic N) is 1. The molecule has 0 aliphatic rings. The van der Waals surface area contributed by atoms with E-state index in [0.29, 0.717) is 15.6 Å². The van der Waals surface area contributed by atoms with Gasteiger partial charge in [-0.1, -0.05) is 35.3 Å². The second kappa shape index (κ2) is 8.91. The Hall–Kier alpha value is -2.13. The van der Waals surface area contributed by atoms with Gasteiger partial charge in [0.15, 0.2) is 6.61 Å². The Kier molecular flexibility index (Phi) is 7.06. The first kappa shape index (κ1) is 22.2. The van der Waals surface area contributed by atoms with Crippen molar-refractivity contribution in [3.05, 3.63) is 63.1 Å². The Bertz CT molecular complexity index is 1020. The van der Waals surface area contributed by atoms with Crippen LogP contribution in [0.4, 0.5) is 0 Å². The Labute approximate surface area is 173 Å². The number of nitrogens with two attached hydrogens (primary N) is 1. The monoisotopic (exact) mass is 444 g/mol. The maximum absolute atomic E-state index is 12.3. The van der Waals surface area contributed by atoms with Crippen LogP contribution in [0.3, 0.4) is 0 Å². The van der Waals surface area contributed by atoms with Gasteiger partial charge in [-0.15, -0.1) is 0 Å². The Morgan fingerprint density at radius 1 is 1.11 bits per heavy atom. The van der Waals surface area contributed by atoms with Gasteiger partial charge in [-0.25, -0.2) is 18.4 Å². The van der Waals surface area contributed by atoms with E-state index >= 15 is 0 Å². The van der Waals surface area contributed by atoms with Crippen molar-refractivity contribution in [3.8, 4) is 0 Å². The average Bonchev–Trinajstić information content (AvgIpc) is 2.61. The second-order valence-corrected chi connectivity index (χ2v) is 8.47. The molecular weight excluding hydrogens is 427 g/mol. The molecule has 2 rings (SSSR count). The Morgan fingerprint density at radius 2 is 1.79 bits per heavy atom. The predicted octanol–water partition coefficient (Wildman–Crippen LogP) is 2.76. The van der Waals surface area contributed by atoms with Crippen molar-refractivity contribution in [1.29, 1.82) is 0 Å². The molecule has 0 heterocycles. The minimum Gasteiger partial charge on any atom is -0.452 e. The standard InChI is InChI=1S/C18H18Cl2N2O5S/c1-11-3-5-13(28(21,25)26)8-14(11)18(24)27-10-17(23)22(2)9-12-4-6-15(19)16(20)7-12/h3-8H,9-10H2,1-2H3,(H2,21,25,26). The number of halogens is 2. The highest BCUT2D eigenvalue weighted by Gasteiger charge is 2.18. The summed E-state index contributed by atoms with van der Waals surface area (Å²) in [6.07, 6.45) is 0. The van der Waals surface area contributed by atoms with Gasteiger partial charge in [0.25, 0.3) is 5.91 Å². The zero-order chi connectivity index (χ0) is 21.1. The van der Waals surface area contributed by atoms with Crippen LogP contribution in [0.5, 0.6) is 0 Å². The highest BCUT2D eigenvalue weighted by molar-refractivity contribution is 7.89. The van der Waals surface area contributed by atoms with E-state index in [1.165, 1.54) is 17.0 Å². The molecule has 0 unspecified atom stereocenters. The number of benzene rings is 2. The van der Waals surface area contributed by atoms with Gasteiger partial charge in [0.2, 0.25) is 10.0 Å². The van der Waals surface area contributed by atoms with Gasteiger partial charge < -0.3 is 9.64 Å². The van der Waals surface area contributed by atoms with Gasteiger partial charge in [0.05, 0.1) is 20.5 Å². The van der Waals surface area contributed by atoms with E-state index in [9.17, 15) is 18.0 Å². The fourth-order valence-corrected chi connectivity index (χ4v) is 3.17. The molecule has 28 heavy (non-hydrogen) atoms. The number of aryl methyl sites for hydroxylation is 1. The molecule has 1 amide bonds. The minimum atomic E-state index is -3.96. The lowest BCUT2D eigenvalue weighted by Crippen LogP contribution is -2.31. The normalized spacial score (nSPS) is 11.2. The van der Waals surface area contributed by atoms with Crippen LogP contribution in [-0.4, -0.2) is 38.8 Å². The average molecular weight is 445 g/mol. The zero-order valence-corrected chi connectivity index (χ0v) is 17.4.